The molecular formula is C23H26B3FO6S. The molecule has 34 heavy (non-hydrogen) atoms. The fraction of sp³-hybridized carbons (Fsp3) is 0.652. The Bertz CT molecular complexity index is 1090. The largest absolute Gasteiger partial charge is 0.456 e. The van der Waals surface area contributed by atoms with Gasteiger partial charge in [0.25, 0.3) is 0 Å². The molecule has 4 aliphatic rings. The zero-order valence-electron chi connectivity index (χ0n) is 19.0. The Morgan fingerprint density at radius 1 is 1.09 bits per heavy atom. The summed E-state index contributed by atoms with van der Waals surface area (Å²) in [6.45, 7) is 0. The second-order valence-corrected chi connectivity index (χ2v) is 11.8. The van der Waals surface area contributed by atoms with Crippen molar-refractivity contribution in [3.63, 3.8) is 0 Å². The van der Waals surface area contributed by atoms with E-state index in [0.717, 1.165) is 30.4 Å². The predicted octanol–water partition coefficient (Wildman–Crippen LogP) is 2.33. The fourth-order valence-electron chi connectivity index (χ4n) is 7.10. The van der Waals surface area contributed by atoms with Gasteiger partial charge in [-0.3, -0.25) is 9.35 Å². The van der Waals surface area contributed by atoms with Gasteiger partial charge in [0.2, 0.25) is 0 Å². The molecule has 1 N–H and O–H groups in total. The van der Waals surface area contributed by atoms with Crippen LogP contribution >= 0.6 is 0 Å². The van der Waals surface area contributed by atoms with Gasteiger partial charge < -0.3 is 4.74 Å². The average molecular weight is 482 g/mol. The van der Waals surface area contributed by atoms with Gasteiger partial charge in [-0.15, -0.1) is 0 Å². The van der Waals surface area contributed by atoms with Crippen LogP contribution in [-0.2, 0) is 38.6 Å². The highest BCUT2D eigenvalue weighted by molar-refractivity contribution is 7.87. The number of rotatable bonds is 9. The Morgan fingerprint density at radius 2 is 1.74 bits per heavy atom. The second-order valence-electron chi connectivity index (χ2n) is 10.4. The minimum atomic E-state index is -5.20. The highest BCUT2D eigenvalue weighted by atomic mass is 32.2. The van der Waals surface area contributed by atoms with Gasteiger partial charge in [0.15, 0.2) is 5.78 Å². The number of carbonyl (C=O) groups excluding carboxylic acids is 2. The summed E-state index contributed by atoms with van der Waals surface area (Å²) in [4.78, 5) is 25.8. The van der Waals surface area contributed by atoms with Crippen molar-refractivity contribution < 1.29 is 31.7 Å². The molecule has 0 aliphatic heterocycles. The van der Waals surface area contributed by atoms with Crippen molar-refractivity contribution in [2.24, 2.45) is 17.3 Å². The third-order valence-electron chi connectivity index (χ3n) is 7.79. The third kappa shape index (κ3) is 4.75. The Balaban J connectivity index is 1.61. The SMILES string of the molecule is [B]Cc1cc(C[B])c(C[B])c(C(=O)CC23CC4CC(C2)CC(OC(=O)C(F)S(=O)(=O)O)(C4)C3)c1. The first-order chi connectivity index (χ1) is 15.9. The molecule has 6 radical (unpaired) electrons. The van der Waals surface area contributed by atoms with Crippen molar-refractivity contribution in [2.45, 2.75) is 75.0 Å². The molecule has 4 aliphatic carbocycles. The zero-order chi connectivity index (χ0) is 24.9. The minimum absolute atomic E-state index is 0.0878. The number of carbonyl (C=O) groups is 2. The summed E-state index contributed by atoms with van der Waals surface area (Å²) in [5.74, 6) is -1.31. The van der Waals surface area contributed by atoms with Gasteiger partial charge in [-0.1, -0.05) is 36.2 Å². The van der Waals surface area contributed by atoms with Crippen molar-refractivity contribution in [3.8, 4) is 0 Å². The monoisotopic (exact) mass is 482 g/mol. The first-order valence-corrected chi connectivity index (χ1v) is 13.0. The van der Waals surface area contributed by atoms with Crippen LogP contribution in [0.1, 0.15) is 72.0 Å². The van der Waals surface area contributed by atoms with E-state index in [4.69, 9.17) is 32.8 Å². The Hall–Kier alpha value is -1.61. The maximum absolute atomic E-state index is 13.9. The van der Waals surface area contributed by atoms with Crippen molar-refractivity contribution in [3.05, 3.63) is 34.4 Å². The standard InChI is InChI=1S/C23H26B3FO6S/c24-9-13-2-16(10-25)18(11-26)17(3-13)19(28)8-22-4-14-1-15(5-22)7-23(6-14,12-22)33-21(29)20(27)34(30,31)32/h2-3,14-15,20H,1,4-12H2,(H,30,31,32). The summed E-state index contributed by atoms with van der Waals surface area (Å²) in [5.41, 5.74) is -1.85. The number of Topliss-reactive ketones (excluding diaryl/α,β-unsaturated/α-hetero) is 1. The molecule has 4 bridgehead atoms. The molecule has 3 unspecified atom stereocenters. The number of alkyl halides is 1. The molecule has 3 atom stereocenters. The smallest absolute Gasteiger partial charge is 0.359 e. The molecule has 0 heterocycles. The van der Waals surface area contributed by atoms with Gasteiger partial charge in [-0.05, 0) is 67.4 Å². The molecule has 0 aromatic heterocycles. The number of esters is 1. The highest BCUT2D eigenvalue weighted by Gasteiger charge is 2.60. The van der Waals surface area contributed by atoms with Crippen LogP contribution in [-0.4, -0.2) is 59.4 Å². The van der Waals surface area contributed by atoms with E-state index >= 15 is 0 Å². The molecule has 0 amide bonds. The molecule has 1 aromatic rings. The third-order valence-corrected chi connectivity index (χ3v) is 8.51. The number of ketones is 1. The summed E-state index contributed by atoms with van der Waals surface area (Å²) >= 11 is 0. The van der Waals surface area contributed by atoms with Gasteiger partial charge in [0, 0.05) is 12.0 Å². The predicted molar refractivity (Wildman–Crippen MR) is 126 cm³/mol. The number of ether oxygens (including phenoxy) is 1. The van der Waals surface area contributed by atoms with Crippen LogP contribution < -0.4 is 0 Å². The number of hydrogen-bond acceptors (Lipinski definition) is 5. The van der Waals surface area contributed by atoms with E-state index in [-0.39, 0.29) is 43.0 Å². The van der Waals surface area contributed by atoms with E-state index < -0.39 is 32.6 Å². The summed E-state index contributed by atoms with van der Waals surface area (Å²) in [5, 5.41) is 0. The van der Waals surface area contributed by atoms with Crippen molar-refractivity contribution in [2.75, 3.05) is 0 Å². The van der Waals surface area contributed by atoms with Gasteiger partial charge in [-0.2, -0.15) is 8.42 Å². The van der Waals surface area contributed by atoms with Gasteiger partial charge in [-0.25, -0.2) is 9.18 Å². The molecule has 4 fully saturated rings. The maximum atomic E-state index is 13.9. The van der Waals surface area contributed by atoms with Crippen LogP contribution in [0.25, 0.3) is 0 Å². The van der Waals surface area contributed by atoms with E-state index in [1.54, 1.807) is 6.07 Å². The van der Waals surface area contributed by atoms with E-state index in [9.17, 15) is 22.4 Å². The van der Waals surface area contributed by atoms with E-state index in [2.05, 4.69) is 0 Å². The average Bonchev–Trinajstić information content (AvgIpc) is 2.75. The molecule has 1 aromatic carbocycles. The van der Waals surface area contributed by atoms with Crippen molar-refractivity contribution >= 4 is 45.4 Å². The lowest BCUT2D eigenvalue weighted by Gasteiger charge is -2.61. The van der Waals surface area contributed by atoms with Crippen LogP contribution in [0.15, 0.2) is 12.1 Å². The summed E-state index contributed by atoms with van der Waals surface area (Å²) < 4.78 is 50.5. The zero-order valence-corrected chi connectivity index (χ0v) is 19.8. The summed E-state index contributed by atoms with van der Waals surface area (Å²) in [6, 6.07) is 3.63. The van der Waals surface area contributed by atoms with Gasteiger partial charge >= 0.3 is 21.6 Å². The van der Waals surface area contributed by atoms with Crippen LogP contribution in [0.3, 0.4) is 0 Å². The number of benzene rings is 1. The van der Waals surface area contributed by atoms with Crippen LogP contribution in [0, 0.1) is 17.3 Å². The molecular weight excluding hydrogens is 456 g/mol. The lowest BCUT2D eigenvalue weighted by Crippen LogP contribution is -2.58. The van der Waals surface area contributed by atoms with E-state index in [1.165, 1.54) is 0 Å². The van der Waals surface area contributed by atoms with Crippen LogP contribution in [0.2, 0.25) is 0 Å². The van der Waals surface area contributed by atoms with E-state index in [0.29, 0.717) is 30.4 Å². The normalized spacial score (nSPS) is 30.8. The molecule has 4 saturated carbocycles. The first-order valence-electron chi connectivity index (χ1n) is 11.5. The van der Waals surface area contributed by atoms with Crippen molar-refractivity contribution in [1.82, 2.24) is 0 Å². The molecule has 5 rings (SSSR count). The van der Waals surface area contributed by atoms with Gasteiger partial charge in [0.1, 0.15) is 5.60 Å². The molecule has 0 spiro atoms. The minimum Gasteiger partial charge on any atom is -0.456 e. The topological polar surface area (TPSA) is 97.7 Å². The highest BCUT2D eigenvalue weighted by Crippen LogP contribution is 2.64. The Labute approximate surface area is 203 Å². The molecule has 0 saturated heterocycles. The van der Waals surface area contributed by atoms with Gasteiger partial charge in [0.05, 0.1) is 23.5 Å². The Kier molecular flexibility index (Phi) is 6.84. The van der Waals surface area contributed by atoms with Crippen LogP contribution in [0.4, 0.5) is 4.39 Å². The fourth-order valence-corrected chi connectivity index (χ4v) is 7.39. The van der Waals surface area contributed by atoms with Crippen LogP contribution in [0.5, 0.6) is 0 Å². The number of hydrogen-bond donors (Lipinski definition) is 1. The summed E-state index contributed by atoms with van der Waals surface area (Å²) in [7, 11) is 12.4. The van der Waals surface area contributed by atoms with E-state index in [1.807, 2.05) is 6.07 Å². The lowest BCUT2D eigenvalue weighted by atomic mass is 9.46. The lowest BCUT2D eigenvalue weighted by molar-refractivity contribution is -0.203. The molecule has 6 nitrogen and oxygen atoms in total. The first kappa shape index (κ1) is 25.5. The second kappa shape index (κ2) is 9.12. The molecule has 176 valence electrons. The number of halogens is 1. The molecule has 11 heteroatoms. The quantitative estimate of drug-likeness (QED) is 0.251. The van der Waals surface area contributed by atoms with Crippen molar-refractivity contribution in [1.29, 1.82) is 0 Å². The maximum Gasteiger partial charge on any atom is 0.359 e. The Morgan fingerprint density at radius 3 is 2.26 bits per heavy atom. The summed E-state index contributed by atoms with van der Waals surface area (Å²) in [6.07, 6.45) is 4.69.